The predicted molar refractivity (Wildman–Crippen MR) is 122 cm³/mol. The Hall–Kier alpha value is -0.910. The summed E-state index contributed by atoms with van der Waals surface area (Å²) in [5.74, 6) is 1.63. The highest BCUT2D eigenvalue weighted by Crippen LogP contribution is 2.68. The number of likely N-dealkylation sites (tertiary alicyclic amines) is 1. The van der Waals surface area contributed by atoms with Crippen LogP contribution in [0.2, 0.25) is 0 Å². The second-order valence-corrected chi connectivity index (χ2v) is 11.9. The van der Waals surface area contributed by atoms with E-state index in [1.807, 2.05) is 6.92 Å². The highest BCUT2D eigenvalue weighted by atomic mass is 16.4. The molecule has 0 aromatic heterocycles. The van der Waals surface area contributed by atoms with Crippen molar-refractivity contribution in [2.24, 2.45) is 33.7 Å². The third-order valence-corrected chi connectivity index (χ3v) is 10.9. The van der Waals surface area contributed by atoms with Gasteiger partial charge in [0.15, 0.2) is 0 Å². The lowest BCUT2D eigenvalue weighted by Crippen LogP contribution is -2.69. The molecule has 5 aliphatic rings. The molecule has 0 radical (unpaired) electrons. The zero-order chi connectivity index (χ0) is 22.0. The van der Waals surface area contributed by atoms with Crippen LogP contribution >= 0.6 is 0 Å². The van der Waals surface area contributed by atoms with E-state index >= 15 is 0 Å². The zero-order valence-electron chi connectivity index (χ0n) is 19.7. The number of oxime groups is 1. The summed E-state index contributed by atoms with van der Waals surface area (Å²) in [6.07, 6.45) is 12.3. The monoisotopic (exact) mass is 430 g/mol. The Morgan fingerprint density at radius 3 is 2.52 bits per heavy atom. The van der Waals surface area contributed by atoms with E-state index in [1.54, 1.807) is 0 Å². The minimum atomic E-state index is -0.550. The largest absolute Gasteiger partial charge is 0.411 e. The average molecular weight is 431 g/mol. The predicted octanol–water partition coefficient (Wildman–Crippen LogP) is 4.36. The standard InChI is InChI=1S/C26H42N2O3/c1-17(27-31)26(28-13-5-4-6-14-28)23(30)16-22-20-8-7-18-15-19(29)9-11-24(18,2)21(20)10-12-25(22,26)3/h7,19-23,29-31H,4-6,8-16H2,1-3H3. The maximum absolute atomic E-state index is 11.7. The van der Waals surface area contributed by atoms with E-state index in [2.05, 4.69) is 30.0 Å². The number of rotatable bonds is 2. The number of aliphatic hydroxyl groups excluding tert-OH is 2. The fraction of sp³-hybridized carbons (Fsp3) is 0.885. The first kappa shape index (κ1) is 21.9. The lowest BCUT2D eigenvalue weighted by Gasteiger charge is -2.61. The first-order valence-corrected chi connectivity index (χ1v) is 12.8. The molecule has 4 aliphatic carbocycles. The third kappa shape index (κ3) is 2.81. The fourth-order valence-corrected chi connectivity index (χ4v) is 9.44. The molecule has 3 saturated carbocycles. The number of nitrogens with zero attached hydrogens (tertiary/aromatic N) is 2. The van der Waals surface area contributed by atoms with Crippen LogP contribution in [0.25, 0.3) is 0 Å². The Balaban J connectivity index is 1.55. The smallest absolute Gasteiger partial charge is 0.0943 e. The van der Waals surface area contributed by atoms with Gasteiger partial charge in [0.05, 0.1) is 23.5 Å². The summed E-state index contributed by atoms with van der Waals surface area (Å²) in [5.41, 5.74) is 1.77. The molecule has 0 bridgehead atoms. The molecule has 4 fully saturated rings. The molecule has 5 nitrogen and oxygen atoms in total. The SMILES string of the molecule is CC(=NO)C1(N2CCCCC2)C(O)CC2C3CC=C4CC(O)CCC4(C)C3CCC21C. The Kier molecular flexibility index (Phi) is 5.35. The van der Waals surface area contributed by atoms with Crippen LogP contribution in [-0.4, -0.2) is 56.9 Å². The van der Waals surface area contributed by atoms with E-state index in [-0.39, 0.29) is 16.9 Å². The van der Waals surface area contributed by atoms with Crippen molar-refractivity contribution in [1.82, 2.24) is 4.90 Å². The van der Waals surface area contributed by atoms with Gasteiger partial charge >= 0.3 is 0 Å². The lowest BCUT2D eigenvalue weighted by atomic mass is 9.46. The van der Waals surface area contributed by atoms with E-state index in [0.29, 0.717) is 23.5 Å². The summed E-state index contributed by atoms with van der Waals surface area (Å²) < 4.78 is 0. The van der Waals surface area contributed by atoms with Crippen LogP contribution in [0, 0.1) is 28.6 Å². The summed E-state index contributed by atoms with van der Waals surface area (Å²) in [6, 6.07) is 0. The lowest BCUT2D eigenvalue weighted by molar-refractivity contribution is -0.0912. The topological polar surface area (TPSA) is 76.3 Å². The molecule has 1 aliphatic heterocycles. The van der Waals surface area contributed by atoms with Gasteiger partial charge in [0, 0.05) is 0 Å². The number of fused-ring (bicyclic) bond motifs is 5. The molecule has 174 valence electrons. The van der Waals surface area contributed by atoms with Crippen LogP contribution in [-0.2, 0) is 0 Å². The van der Waals surface area contributed by atoms with Crippen LogP contribution in [0.3, 0.4) is 0 Å². The first-order valence-electron chi connectivity index (χ1n) is 12.8. The highest BCUT2D eigenvalue weighted by molar-refractivity contribution is 5.93. The summed E-state index contributed by atoms with van der Waals surface area (Å²) >= 11 is 0. The molecule has 0 spiro atoms. The van der Waals surface area contributed by atoms with Gasteiger partial charge in [0.25, 0.3) is 0 Å². The van der Waals surface area contributed by atoms with Crippen molar-refractivity contribution >= 4 is 5.71 Å². The quantitative estimate of drug-likeness (QED) is 0.263. The second-order valence-electron chi connectivity index (χ2n) is 11.9. The molecule has 1 saturated heterocycles. The van der Waals surface area contributed by atoms with Crippen molar-refractivity contribution in [1.29, 1.82) is 0 Å². The molecule has 3 N–H and O–H groups in total. The Morgan fingerprint density at radius 1 is 1.06 bits per heavy atom. The van der Waals surface area contributed by atoms with Gasteiger partial charge in [-0.25, -0.2) is 0 Å². The molecule has 8 atom stereocenters. The van der Waals surface area contributed by atoms with Gasteiger partial charge in [-0.2, -0.15) is 0 Å². The number of allylic oxidation sites excluding steroid dienone is 1. The van der Waals surface area contributed by atoms with Crippen LogP contribution in [0.15, 0.2) is 16.8 Å². The molecule has 0 amide bonds. The summed E-state index contributed by atoms with van der Waals surface area (Å²) in [5, 5.41) is 35.8. The van der Waals surface area contributed by atoms with Crippen LogP contribution < -0.4 is 0 Å². The number of aliphatic hydroxyl groups is 2. The van der Waals surface area contributed by atoms with Gasteiger partial charge < -0.3 is 15.4 Å². The van der Waals surface area contributed by atoms with E-state index in [4.69, 9.17) is 0 Å². The first-order chi connectivity index (χ1) is 14.8. The fourth-order valence-electron chi connectivity index (χ4n) is 9.44. The van der Waals surface area contributed by atoms with E-state index in [9.17, 15) is 15.4 Å². The maximum Gasteiger partial charge on any atom is 0.0943 e. The normalized spacial score (nSPS) is 50.9. The molecular weight excluding hydrogens is 388 g/mol. The second kappa shape index (κ2) is 7.56. The number of piperidine rings is 1. The molecule has 8 unspecified atom stereocenters. The van der Waals surface area contributed by atoms with Crippen molar-refractivity contribution in [2.45, 2.75) is 103 Å². The van der Waals surface area contributed by atoms with Gasteiger partial charge in [0.1, 0.15) is 0 Å². The maximum atomic E-state index is 11.7. The average Bonchev–Trinajstić information content (AvgIpc) is 3.01. The minimum absolute atomic E-state index is 0.0862. The van der Waals surface area contributed by atoms with Crippen molar-refractivity contribution in [3.63, 3.8) is 0 Å². The Bertz CT molecular complexity index is 775. The molecule has 31 heavy (non-hydrogen) atoms. The Labute approximate surface area is 187 Å². The minimum Gasteiger partial charge on any atom is -0.411 e. The number of hydrogen-bond donors (Lipinski definition) is 3. The van der Waals surface area contributed by atoms with E-state index in [1.165, 1.54) is 18.4 Å². The summed E-state index contributed by atoms with van der Waals surface area (Å²) in [7, 11) is 0. The van der Waals surface area contributed by atoms with Crippen LogP contribution in [0.1, 0.15) is 85.0 Å². The van der Waals surface area contributed by atoms with Crippen molar-refractivity contribution < 1.29 is 15.4 Å². The van der Waals surface area contributed by atoms with E-state index < -0.39 is 11.6 Å². The molecular formula is C26H42N2O3. The molecule has 0 aromatic carbocycles. The zero-order valence-corrected chi connectivity index (χ0v) is 19.7. The molecule has 5 rings (SSSR count). The third-order valence-electron chi connectivity index (χ3n) is 10.9. The van der Waals surface area contributed by atoms with Gasteiger partial charge in [-0.15, -0.1) is 0 Å². The van der Waals surface area contributed by atoms with Crippen molar-refractivity contribution in [3.05, 3.63) is 11.6 Å². The summed E-state index contributed by atoms with van der Waals surface area (Å²) in [6.45, 7) is 8.77. The summed E-state index contributed by atoms with van der Waals surface area (Å²) in [4.78, 5) is 2.50. The van der Waals surface area contributed by atoms with Crippen LogP contribution in [0.4, 0.5) is 0 Å². The van der Waals surface area contributed by atoms with Gasteiger partial charge in [-0.1, -0.05) is 37.1 Å². The Morgan fingerprint density at radius 2 is 1.81 bits per heavy atom. The molecule has 0 aromatic rings. The molecule has 1 heterocycles. The van der Waals surface area contributed by atoms with E-state index in [0.717, 1.165) is 64.5 Å². The van der Waals surface area contributed by atoms with Crippen molar-refractivity contribution in [2.75, 3.05) is 13.1 Å². The molecule has 5 heteroatoms. The van der Waals surface area contributed by atoms with Gasteiger partial charge in [-0.3, -0.25) is 4.90 Å². The van der Waals surface area contributed by atoms with Crippen molar-refractivity contribution in [3.8, 4) is 0 Å². The van der Waals surface area contributed by atoms with Gasteiger partial charge in [-0.05, 0) is 106 Å². The number of hydrogen-bond acceptors (Lipinski definition) is 5. The van der Waals surface area contributed by atoms with Gasteiger partial charge in [0.2, 0.25) is 0 Å². The highest BCUT2D eigenvalue weighted by Gasteiger charge is 2.70. The van der Waals surface area contributed by atoms with Crippen LogP contribution in [0.5, 0.6) is 0 Å².